The minimum Gasteiger partial charge on any atom is -0.490 e. The lowest BCUT2D eigenvalue weighted by Crippen LogP contribution is -2.27. The molecule has 1 aliphatic heterocycles. The number of thioether (sulfide) groups is 1. The highest BCUT2D eigenvalue weighted by atomic mass is 32.2. The van der Waals surface area contributed by atoms with Crippen LogP contribution in [0.25, 0.3) is 10.1 Å². The molecule has 2 heterocycles. The minimum atomic E-state index is -3.82. The van der Waals surface area contributed by atoms with E-state index in [0.29, 0.717) is 24.5 Å². The molecule has 5 nitrogen and oxygen atoms in total. The number of primary sulfonamides is 1. The molecule has 2 atom stereocenters. The largest absolute Gasteiger partial charge is 0.490 e. The van der Waals surface area contributed by atoms with Gasteiger partial charge in [0.25, 0.3) is 0 Å². The Balaban J connectivity index is 1.61. The van der Waals surface area contributed by atoms with E-state index in [-0.39, 0.29) is 16.9 Å². The van der Waals surface area contributed by atoms with E-state index in [4.69, 9.17) is 14.6 Å². The summed E-state index contributed by atoms with van der Waals surface area (Å²) in [7, 11) is -3.82. The average Bonchev–Trinajstić information content (AvgIpc) is 3.11. The van der Waals surface area contributed by atoms with Gasteiger partial charge in [-0.05, 0) is 47.5 Å². The number of hydrogen-bond acceptors (Lipinski definition) is 6. The highest BCUT2D eigenvalue weighted by molar-refractivity contribution is 7.98. The second kappa shape index (κ2) is 9.02. The van der Waals surface area contributed by atoms with Gasteiger partial charge in [-0.15, -0.1) is 23.1 Å². The molecule has 2 N–H and O–H groups in total. The Hall–Kier alpha value is -2.52. The molecular weight excluding hydrogens is 474 g/mol. The summed E-state index contributed by atoms with van der Waals surface area (Å²) in [5.74, 6) is 0.924. The van der Waals surface area contributed by atoms with E-state index < -0.39 is 10.0 Å². The SMILES string of the molecule is CSc1ccccc1[C@@H](c1cc2ccccc2s1)C1CCOc2cc(S(N)(=O)=O)ccc2O1. The van der Waals surface area contributed by atoms with Gasteiger partial charge in [0.1, 0.15) is 6.10 Å². The summed E-state index contributed by atoms with van der Waals surface area (Å²) in [6, 6.07) is 23.6. The maximum atomic E-state index is 11.8. The van der Waals surface area contributed by atoms with Crippen LogP contribution >= 0.6 is 23.1 Å². The Kier molecular flexibility index (Phi) is 6.09. The number of nitrogens with two attached hydrogens (primary N) is 1. The molecule has 0 amide bonds. The molecule has 0 saturated carbocycles. The molecule has 1 unspecified atom stereocenters. The molecule has 170 valence electrons. The lowest BCUT2D eigenvalue weighted by Gasteiger charge is -2.27. The number of fused-ring (bicyclic) bond motifs is 2. The normalized spacial score (nSPS) is 17.0. The zero-order valence-corrected chi connectivity index (χ0v) is 20.4. The number of rotatable bonds is 5. The molecule has 5 rings (SSSR count). The standard InChI is InChI=1S/C25H23NO4S3/c1-31-23-9-5-3-7-18(23)25(24-14-16-6-2-4-8-22(16)32-24)20-12-13-29-21-15-17(33(26,27)28)10-11-19(21)30-20/h2-11,14-15,20,25H,12-13H2,1H3,(H2,26,27,28)/t20?,25-/m1/s1. The van der Waals surface area contributed by atoms with Crippen molar-refractivity contribution < 1.29 is 17.9 Å². The monoisotopic (exact) mass is 497 g/mol. The van der Waals surface area contributed by atoms with Crippen molar-refractivity contribution in [3.63, 3.8) is 0 Å². The summed E-state index contributed by atoms with van der Waals surface area (Å²) < 4.78 is 37.2. The molecule has 0 saturated heterocycles. The van der Waals surface area contributed by atoms with Crippen LogP contribution in [0.5, 0.6) is 11.5 Å². The molecule has 1 aromatic heterocycles. The van der Waals surface area contributed by atoms with E-state index >= 15 is 0 Å². The Labute approximate surface area is 201 Å². The molecule has 0 aliphatic carbocycles. The number of hydrogen-bond donors (Lipinski definition) is 1. The number of benzene rings is 3. The van der Waals surface area contributed by atoms with Gasteiger partial charge in [0.15, 0.2) is 11.5 Å². The maximum Gasteiger partial charge on any atom is 0.238 e. The van der Waals surface area contributed by atoms with Crippen molar-refractivity contribution in [2.45, 2.75) is 28.2 Å². The third-order valence-electron chi connectivity index (χ3n) is 5.78. The molecular formula is C25H23NO4S3. The predicted octanol–water partition coefficient (Wildman–Crippen LogP) is 5.63. The summed E-state index contributed by atoms with van der Waals surface area (Å²) in [6.07, 6.45) is 2.55. The maximum absolute atomic E-state index is 11.8. The van der Waals surface area contributed by atoms with E-state index in [1.807, 2.05) is 0 Å². The second-order valence-electron chi connectivity index (χ2n) is 7.85. The molecule has 33 heavy (non-hydrogen) atoms. The Morgan fingerprint density at radius 1 is 1.03 bits per heavy atom. The molecule has 0 radical (unpaired) electrons. The van der Waals surface area contributed by atoms with E-state index in [2.05, 4.69) is 60.9 Å². The minimum absolute atomic E-state index is 0.00137. The van der Waals surface area contributed by atoms with E-state index in [1.54, 1.807) is 29.2 Å². The van der Waals surface area contributed by atoms with Crippen LogP contribution in [0.15, 0.2) is 82.6 Å². The van der Waals surface area contributed by atoms with Crippen LogP contribution in [0.1, 0.15) is 22.8 Å². The molecule has 3 aromatic carbocycles. The molecule has 0 spiro atoms. The lowest BCUT2D eigenvalue weighted by molar-refractivity contribution is 0.173. The summed E-state index contributed by atoms with van der Waals surface area (Å²) in [5.41, 5.74) is 1.21. The van der Waals surface area contributed by atoms with Gasteiger partial charge in [-0.1, -0.05) is 36.4 Å². The third-order valence-corrected chi connectivity index (χ3v) is 8.70. The van der Waals surface area contributed by atoms with Gasteiger partial charge >= 0.3 is 0 Å². The molecule has 1 aliphatic rings. The van der Waals surface area contributed by atoms with Crippen LogP contribution in [-0.2, 0) is 10.0 Å². The van der Waals surface area contributed by atoms with Crippen LogP contribution in [-0.4, -0.2) is 27.4 Å². The number of thiophene rings is 1. The topological polar surface area (TPSA) is 78.6 Å². The van der Waals surface area contributed by atoms with Gasteiger partial charge in [0.05, 0.1) is 17.4 Å². The average molecular weight is 498 g/mol. The van der Waals surface area contributed by atoms with Gasteiger partial charge in [0, 0.05) is 27.0 Å². The van der Waals surface area contributed by atoms with Crippen molar-refractivity contribution >= 4 is 43.2 Å². The molecule has 0 bridgehead atoms. The van der Waals surface area contributed by atoms with Gasteiger partial charge in [-0.2, -0.15) is 0 Å². The van der Waals surface area contributed by atoms with E-state index in [0.717, 1.165) is 0 Å². The van der Waals surface area contributed by atoms with Crippen LogP contribution in [0.3, 0.4) is 0 Å². The van der Waals surface area contributed by atoms with Crippen molar-refractivity contribution in [1.29, 1.82) is 0 Å². The summed E-state index contributed by atoms with van der Waals surface area (Å²) in [6.45, 7) is 0.411. The highest BCUT2D eigenvalue weighted by Gasteiger charge is 2.32. The third kappa shape index (κ3) is 4.48. The van der Waals surface area contributed by atoms with Crippen molar-refractivity contribution in [2.24, 2.45) is 5.14 Å². The first-order valence-corrected chi connectivity index (χ1v) is 14.1. The Morgan fingerprint density at radius 2 is 1.82 bits per heavy atom. The molecule has 4 aromatic rings. The van der Waals surface area contributed by atoms with Crippen LogP contribution < -0.4 is 14.6 Å². The van der Waals surface area contributed by atoms with Crippen molar-refractivity contribution in [2.75, 3.05) is 12.9 Å². The van der Waals surface area contributed by atoms with E-state index in [1.165, 1.54) is 37.6 Å². The Bertz CT molecular complexity index is 1380. The van der Waals surface area contributed by atoms with E-state index in [9.17, 15) is 8.42 Å². The van der Waals surface area contributed by atoms with Crippen molar-refractivity contribution in [3.8, 4) is 11.5 Å². The number of sulfonamides is 1. The zero-order valence-electron chi connectivity index (χ0n) is 17.9. The first-order chi connectivity index (χ1) is 15.9. The predicted molar refractivity (Wildman–Crippen MR) is 134 cm³/mol. The van der Waals surface area contributed by atoms with Gasteiger partial charge in [-0.25, -0.2) is 13.6 Å². The van der Waals surface area contributed by atoms with Crippen LogP contribution in [0.2, 0.25) is 0 Å². The fraction of sp³-hybridized carbons (Fsp3) is 0.200. The van der Waals surface area contributed by atoms with Gasteiger partial charge < -0.3 is 9.47 Å². The van der Waals surface area contributed by atoms with Crippen LogP contribution in [0, 0.1) is 0 Å². The quantitative estimate of drug-likeness (QED) is 0.362. The fourth-order valence-corrected chi connectivity index (χ4v) is 6.64. The fourth-order valence-electron chi connectivity index (χ4n) is 4.23. The van der Waals surface area contributed by atoms with Crippen LogP contribution in [0.4, 0.5) is 0 Å². The highest BCUT2D eigenvalue weighted by Crippen LogP contribution is 2.44. The van der Waals surface area contributed by atoms with Crippen molar-refractivity contribution in [3.05, 3.63) is 83.2 Å². The zero-order chi connectivity index (χ0) is 23.0. The van der Waals surface area contributed by atoms with Crippen molar-refractivity contribution in [1.82, 2.24) is 0 Å². The number of ether oxygens (including phenoxy) is 2. The summed E-state index contributed by atoms with van der Waals surface area (Å²) in [5, 5.41) is 6.52. The first kappa shape index (κ1) is 22.3. The summed E-state index contributed by atoms with van der Waals surface area (Å²) >= 11 is 3.50. The summed E-state index contributed by atoms with van der Waals surface area (Å²) in [4.78, 5) is 2.45. The smallest absolute Gasteiger partial charge is 0.238 e. The second-order valence-corrected chi connectivity index (χ2v) is 11.4. The first-order valence-electron chi connectivity index (χ1n) is 10.5. The van der Waals surface area contributed by atoms with Gasteiger partial charge in [0.2, 0.25) is 10.0 Å². The lowest BCUT2D eigenvalue weighted by atomic mass is 9.89. The van der Waals surface area contributed by atoms with Gasteiger partial charge in [-0.3, -0.25) is 0 Å². The molecule has 0 fully saturated rings. The Morgan fingerprint density at radius 3 is 2.61 bits per heavy atom. The molecule has 8 heteroatoms.